The summed E-state index contributed by atoms with van der Waals surface area (Å²) in [6.45, 7) is 0. The van der Waals surface area contributed by atoms with E-state index in [1.165, 1.54) is 0 Å². The third kappa shape index (κ3) is 2.61. The largest absolute Gasteiger partial charge is 0.424 e. The van der Waals surface area contributed by atoms with E-state index >= 15 is 0 Å². The molecule has 0 amide bonds. The van der Waals surface area contributed by atoms with Crippen molar-refractivity contribution >= 4 is 11.0 Å². The first kappa shape index (κ1) is 12.8. The summed E-state index contributed by atoms with van der Waals surface area (Å²) < 4.78 is 5.71. The number of nitrogens with one attached hydrogen (secondary N) is 1. The molecule has 22 heavy (non-hydrogen) atoms. The Morgan fingerprint density at radius 3 is 2.36 bits per heavy atom. The molecular formula is C17H14N4O. The minimum Gasteiger partial charge on any atom is -0.424 e. The third-order valence-electron chi connectivity index (χ3n) is 3.46. The lowest BCUT2D eigenvalue weighted by atomic mass is 10.2. The first-order chi connectivity index (χ1) is 10.9. The molecule has 2 aromatic carbocycles. The topological polar surface area (TPSA) is 67.6 Å². The van der Waals surface area contributed by atoms with Gasteiger partial charge in [0.25, 0.3) is 0 Å². The molecule has 0 atom stereocenters. The van der Waals surface area contributed by atoms with E-state index in [1.807, 2.05) is 54.6 Å². The fourth-order valence-electron chi connectivity index (χ4n) is 2.43. The molecule has 0 saturated heterocycles. The SMILES string of the molecule is c1ccc(Cc2nnc(Cc3nc4ccccc4[nH]3)o2)cc1. The van der Waals surface area contributed by atoms with E-state index in [0.29, 0.717) is 24.6 Å². The molecule has 0 aliphatic heterocycles. The Kier molecular flexibility index (Phi) is 3.16. The van der Waals surface area contributed by atoms with Crippen molar-refractivity contribution in [2.45, 2.75) is 12.8 Å². The van der Waals surface area contributed by atoms with Gasteiger partial charge in [-0.3, -0.25) is 0 Å². The Hall–Kier alpha value is -2.95. The summed E-state index contributed by atoms with van der Waals surface area (Å²) in [6.07, 6.45) is 1.16. The van der Waals surface area contributed by atoms with Gasteiger partial charge >= 0.3 is 0 Å². The summed E-state index contributed by atoms with van der Waals surface area (Å²) in [7, 11) is 0. The number of nitrogens with zero attached hydrogens (tertiary/aromatic N) is 3. The van der Waals surface area contributed by atoms with Crippen molar-refractivity contribution in [1.82, 2.24) is 20.2 Å². The molecule has 0 fully saturated rings. The highest BCUT2D eigenvalue weighted by molar-refractivity contribution is 5.74. The highest BCUT2D eigenvalue weighted by atomic mass is 16.4. The van der Waals surface area contributed by atoms with Gasteiger partial charge < -0.3 is 9.40 Å². The molecule has 1 N–H and O–H groups in total. The quantitative estimate of drug-likeness (QED) is 0.627. The minimum absolute atomic E-state index is 0.510. The van der Waals surface area contributed by atoms with E-state index in [-0.39, 0.29) is 0 Å². The maximum atomic E-state index is 5.71. The number of aromatic amines is 1. The van der Waals surface area contributed by atoms with Crippen molar-refractivity contribution < 1.29 is 4.42 Å². The molecule has 108 valence electrons. The Morgan fingerprint density at radius 1 is 0.818 bits per heavy atom. The normalized spacial score (nSPS) is 11.1. The number of imidazole rings is 1. The summed E-state index contributed by atoms with van der Waals surface area (Å²) in [4.78, 5) is 7.78. The average molecular weight is 290 g/mol. The van der Waals surface area contributed by atoms with Gasteiger partial charge in [-0.2, -0.15) is 0 Å². The number of hydrogen-bond donors (Lipinski definition) is 1. The average Bonchev–Trinajstić information content (AvgIpc) is 3.14. The van der Waals surface area contributed by atoms with Crippen LogP contribution < -0.4 is 0 Å². The smallest absolute Gasteiger partial charge is 0.224 e. The zero-order valence-corrected chi connectivity index (χ0v) is 11.9. The fourth-order valence-corrected chi connectivity index (χ4v) is 2.43. The van der Waals surface area contributed by atoms with E-state index in [4.69, 9.17) is 4.42 Å². The number of hydrogen-bond acceptors (Lipinski definition) is 4. The van der Waals surface area contributed by atoms with Crippen LogP contribution >= 0.6 is 0 Å². The first-order valence-corrected chi connectivity index (χ1v) is 7.15. The van der Waals surface area contributed by atoms with Gasteiger partial charge in [-0.05, 0) is 17.7 Å². The van der Waals surface area contributed by atoms with Gasteiger partial charge in [-0.1, -0.05) is 42.5 Å². The highest BCUT2D eigenvalue weighted by Gasteiger charge is 2.10. The van der Waals surface area contributed by atoms with E-state index < -0.39 is 0 Å². The minimum atomic E-state index is 0.510. The number of rotatable bonds is 4. The zero-order chi connectivity index (χ0) is 14.8. The zero-order valence-electron chi connectivity index (χ0n) is 11.9. The summed E-state index contributed by atoms with van der Waals surface area (Å²) in [6, 6.07) is 18.0. The maximum absolute atomic E-state index is 5.71. The summed E-state index contributed by atoms with van der Waals surface area (Å²) >= 11 is 0. The van der Waals surface area contributed by atoms with Gasteiger partial charge in [0.1, 0.15) is 5.82 Å². The highest BCUT2D eigenvalue weighted by Crippen LogP contribution is 2.14. The van der Waals surface area contributed by atoms with Crippen LogP contribution in [0.2, 0.25) is 0 Å². The molecule has 5 nitrogen and oxygen atoms in total. The van der Waals surface area contributed by atoms with Crippen LogP contribution in [0.3, 0.4) is 0 Å². The van der Waals surface area contributed by atoms with E-state index in [9.17, 15) is 0 Å². The van der Waals surface area contributed by atoms with E-state index in [1.54, 1.807) is 0 Å². The first-order valence-electron chi connectivity index (χ1n) is 7.15. The predicted octanol–water partition coefficient (Wildman–Crippen LogP) is 3.13. The van der Waals surface area contributed by atoms with Crippen LogP contribution in [0.25, 0.3) is 11.0 Å². The van der Waals surface area contributed by atoms with E-state index in [0.717, 1.165) is 22.4 Å². The second-order valence-electron chi connectivity index (χ2n) is 5.13. The molecule has 0 bridgehead atoms. The van der Waals surface area contributed by atoms with Gasteiger partial charge in [0, 0.05) is 0 Å². The Morgan fingerprint density at radius 2 is 1.55 bits per heavy atom. The molecule has 5 heteroatoms. The van der Waals surface area contributed by atoms with Crippen molar-refractivity contribution in [3.63, 3.8) is 0 Å². The van der Waals surface area contributed by atoms with Crippen LogP contribution in [0.4, 0.5) is 0 Å². The van der Waals surface area contributed by atoms with Crippen LogP contribution in [0, 0.1) is 0 Å². The van der Waals surface area contributed by atoms with Crippen LogP contribution in [0.5, 0.6) is 0 Å². The molecule has 0 radical (unpaired) electrons. The van der Waals surface area contributed by atoms with Crippen LogP contribution in [-0.2, 0) is 12.8 Å². The number of benzene rings is 2. The van der Waals surface area contributed by atoms with Crippen molar-refractivity contribution in [2.75, 3.05) is 0 Å². The number of H-pyrrole nitrogens is 1. The number of fused-ring (bicyclic) bond motifs is 1. The second kappa shape index (κ2) is 5.44. The van der Waals surface area contributed by atoms with E-state index in [2.05, 4.69) is 20.2 Å². The van der Waals surface area contributed by atoms with Crippen molar-refractivity contribution in [1.29, 1.82) is 0 Å². The lowest BCUT2D eigenvalue weighted by Gasteiger charge is -1.95. The molecule has 2 heterocycles. The molecule has 0 spiro atoms. The standard InChI is InChI=1S/C17H14N4O/c1-2-6-12(7-3-1)10-16-20-21-17(22-16)11-15-18-13-8-4-5-9-14(13)19-15/h1-9H,10-11H2,(H,18,19). The molecule has 2 aromatic heterocycles. The van der Waals surface area contributed by atoms with Crippen molar-refractivity contribution in [2.24, 2.45) is 0 Å². The molecule has 0 aliphatic rings. The third-order valence-corrected chi connectivity index (χ3v) is 3.46. The van der Waals surface area contributed by atoms with Crippen LogP contribution in [-0.4, -0.2) is 20.2 Å². The fraction of sp³-hybridized carbons (Fsp3) is 0.118. The Labute approximate surface area is 127 Å². The van der Waals surface area contributed by atoms with Crippen molar-refractivity contribution in [3.05, 3.63) is 77.8 Å². The van der Waals surface area contributed by atoms with Gasteiger partial charge in [0.2, 0.25) is 11.8 Å². The molecular weight excluding hydrogens is 276 g/mol. The molecule has 0 unspecified atom stereocenters. The lowest BCUT2D eigenvalue weighted by molar-refractivity contribution is 0.464. The van der Waals surface area contributed by atoms with Gasteiger partial charge in [0.15, 0.2) is 0 Å². The van der Waals surface area contributed by atoms with Gasteiger partial charge in [0.05, 0.1) is 23.9 Å². The van der Waals surface area contributed by atoms with Crippen LogP contribution in [0.1, 0.15) is 23.2 Å². The lowest BCUT2D eigenvalue weighted by Crippen LogP contribution is -1.90. The van der Waals surface area contributed by atoms with Crippen LogP contribution in [0.15, 0.2) is 59.0 Å². The predicted molar refractivity (Wildman–Crippen MR) is 82.4 cm³/mol. The monoisotopic (exact) mass is 290 g/mol. The van der Waals surface area contributed by atoms with Crippen molar-refractivity contribution in [3.8, 4) is 0 Å². The molecule has 0 saturated carbocycles. The van der Waals surface area contributed by atoms with Gasteiger partial charge in [-0.25, -0.2) is 4.98 Å². The molecule has 4 aromatic rings. The van der Waals surface area contributed by atoms with Gasteiger partial charge in [-0.15, -0.1) is 10.2 Å². The Bertz CT molecular complexity index is 862. The second-order valence-corrected chi connectivity index (χ2v) is 5.13. The summed E-state index contributed by atoms with van der Waals surface area (Å²) in [5, 5.41) is 8.20. The number of aromatic nitrogens is 4. The summed E-state index contributed by atoms with van der Waals surface area (Å²) in [5.74, 6) is 2.03. The Balaban J connectivity index is 1.51. The maximum Gasteiger partial charge on any atom is 0.224 e. The number of para-hydroxylation sites is 2. The molecule has 4 rings (SSSR count). The molecule has 0 aliphatic carbocycles. The summed E-state index contributed by atoms with van der Waals surface area (Å²) in [5.41, 5.74) is 3.12.